The van der Waals surface area contributed by atoms with Crippen LogP contribution in [0.2, 0.25) is 0 Å². The zero-order valence-corrected chi connectivity index (χ0v) is 71.9. The molecule has 0 fully saturated rings. The fourth-order valence-corrected chi connectivity index (χ4v) is 20.7. The van der Waals surface area contributed by atoms with E-state index in [0.29, 0.717) is 0 Å². The van der Waals surface area contributed by atoms with Gasteiger partial charge < -0.3 is 0 Å². The van der Waals surface area contributed by atoms with Crippen LogP contribution in [0.15, 0.2) is 353 Å². The molecule has 0 amide bonds. The van der Waals surface area contributed by atoms with Gasteiger partial charge in [0.1, 0.15) is 46.4 Å². The van der Waals surface area contributed by atoms with E-state index < -0.39 is 61.4 Å². The third kappa shape index (κ3) is 48.8. The van der Waals surface area contributed by atoms with Crippen molar-refractivity contribution in [3.63, 3.8) is 0 Å². The van der Waals surface area contributed by atoms with Crippen molar-refractivity contribution >= 4 is 93.2 Å². The Bertz CT molecular complexity index is 5070. The van der Waals surface area contributed by atoms with E-state index in [2.05, 4.69) is 371 Å². The van der Waals surface area contributed by atoms with Gasteiger partial charge in [0.25, 0.3) is 0 Å². The van der Waals surface area contributed by atoms with Crippen molar-refractivity contribution in [2.45, 2.75) is 38.5 Å². The van der Waals surface area contributed by atoms with Gasteiger partial charge in [-0.05, 0) is 106 Å². The molecular formula is C80H70F36N4P8. The zero-order valence-electron chi connectivity index (χ0n) is 64.7. The predicted molar refractivity (Wildman–Crippen MR) is 439 cm³/mol. The van der Waals surface area contributed by atoms with Crippen LogP contribution < -0.4 is 50.1 Å². The molecule has 702 valence electrons. The van der Waals surface area contributed by atoms with Gasteiger partial charge in [-0.3, -0.25) is 0 Å². The topological polar surface area (TPSA) is 15.5 Å². The minimum absolute atomic E-state index is 0.813. The Morgan fingerprint density at radius 1 is 0.148 bits per heavy atom. The van der Waals surface area contributed by atoms with Crippen molar-refractivity contribution in [2.75, 3.05) is 0 Å². The first-order chi connectivity index (χ1) is 57.2. The summed E-state index contributed by atoms with van der Waals surface area (Å²) in [6.07, 6.45) is 19.5. The second-order valence-corrected chi connectivity index (χ2v) is 46.7. The number of aromatic nitrogens is 4. The van der Waals surface area contributed by atoms with Crippen LogP contribution in [0.5, 0.6) is 0 Å². The molecule has 0 saturated carbocycles. The maximum absolute atomic E-state index is 10.7. The molecule has 0 saturated heterocycles. The van der Waals surface area contributed by atoms with Crippen LogP contribution in [0.1, 0.15) is 33.4 Å². The summed E-state index contributed by atoms with van der Waals surface area (Å²) in [5.41, 5.74) is 12.7. The SMILES string of the molecule is F[P-](F)(F)(F)(F)F.F[P-](F)(F)(F)(F)F.F[P-](F)(F)(F)(F)F.F[P-](F)(F)(F)(F)F.F[P-](F)(F)(F)(F)F.F[P-](F)(F)(F)(F)F.c1ccc([P+](Cc2ccc(C[n+]3ccc(-c4cc[n+](Cc5ccc(C[n+]6ccc(-c7cc[n+](Cc8ccc(C[P+](c9ccccc9)(c9ccccc9)c9ccccc9)cc8)cc7)cc6)cc5)cc4)cc3)cc2)(c2ccccc2)c2ccccc2)cc1. The quantitative estimate of drug-likeness (QED) is 0.0411. The number of benzene rings is 9. The molecule has 0 unspecified atom stereocenters. The first kappa shape index (κ1) is 106. The van der Waals surface area contributed by atoms with Gasteiger partial charge in [-0.25, -0.2) is 18.3 Å². The number of pyridine rings is 4. The van der Waals surface area contributed by atoms with Crippen LogP contribution in [0.3, 0.4) is 0 Å². The Balaban J connectivity index is 0.000000441. The molecule has 9 aromatic carbocycles. The predicted octanol–water partition coefficient (Wildman–Crippen LogP) is 33.6. The standard InChI is InChI=1S/C80H70N4P2.6F6P/c1-7-19-75(20-8-1)85(76-21-9-2-10-22-76,77-23-11-3-12-24-77)63-69-39-35-67(36-40-69)61-83-55-47-73(48-56-83)71-43-51-81(52-44-71)59-65-31-33-66(34-32-65)60-82-53-45-72(46-54-82)74-49-57-84(58-50-74)62-68-37-41-70(42-38-68)64-86(78-25-13-4-14-26-78,79-27-15-5-16-28-79)80-29-17-6-18-30-80;6*1-7(2,3,4,5)6/h1-58H,59-64H2;;;;;;/q+6;6*-1. The number of hydrogen-bond donors (Lipinski definition) is 0. The van der Waals surface area contributed by atoms with Crippen LogP contribution in [0, 0.1) is 0 Å². The van der Waals surface area contributed by atoms with Crippen LogP contribution in [0.4, 0.5) is 151 Å². The largest absolute Gasteiger partial charge is 0.201 e. The number of nitrogens with zero attached hydrogens (tertiary/aromatic N) is 4. The molecule has 13 rings (SSSR count). The molecule has 0 aliphatic heterocycles. The molecule has 0 aliphatic carbocycles. The van der Waals surface area contributed by atoms with Gasteiger partial charge in [-0.1, -0.05) is 182 Å². The summed E-state index contributed by atoms with van der Waals surface area (Å²) in [6.45, 7) is 3.25. The Morgan fingerprint density at radius 2 is 0.258 bits per heavy atom. The normalized spacial score (nSPS) is 15.3. The summed E-state index contributed by atoms with van der Waals surface area (Å²) in [4.78, 5) is 0. The van der Waals surface area contributed by atoms with Gasteiger partial charge in [0.15, 0.2) is 75.8 Å². The smallest absolute Gasteiger partial charge is 0.173 e. The fourth-order valence-electron chi connectivity index (χ4n) is 12.2. The Morgan fingerprint density at radius 3 is 0.375 bits per heavy atom. The number of hydrogen-bond acceptors (Lipinski definition) is 0. The van der Waals surface area contributed by atoms with Crippen LogP contribution in [0.25, 0.3) is 22.3 Å². The molecule has 13 aromatic rings. The van der Waals surface area contributed by atoms with Crippen molar-refractivity contribution in [3.05, 3.63) is 386 Å². The molecule has 4 aromatic heterocycles. The molecule has 4 nitrogen and oxygen atoms in total. The molecule has 0 atom stereocenters. The molecular weight excluding hydrogens is 1950 g/mol. The Kier molecular flexibility index (Phi) is 28.1. The van der Waals surface area contributed by atoms with Gasteiger partial charge in [0, 0.05) is 70.8 Å². The minimum atomic E-state index is -10.7. The van der Waals surface area contributed by atoms with Gasteiger partial charge in [-0.2, -0.15) is 0 Å². The second-order valence-electron chi connectivity index (χ2n) is 28.2. The minimum Gasteiger partial charge on any atom is -0.201 e. The second kappa shape index (κ2) is 34.0. The van der Waals surface area contributed by atoms with Crippen molar-refractivity contribution in [2.24, 2.45) is 0 Å². The summed E-state index contributed by atoms with van der Waals surface area (Å²) in [6, 6.07) is 112. The van der Waals surface area contributed by atoms with Crippen molar-refractivity contribution in [1.82, 2.24) is 0 Å². The summed E-state index contributed by atoms with van der Waals surface area (Å²) in [7, 11) is -67.9. The van der Waals surface area contributed by atoms with Crippen LogP contribution in [-0.2, 0) is 38.5 Å². The van der Waals surface area contributed by atoms with E-state index in [-0.39, 0.29) is 0 Å². The molecule has 0 N–H and O–H groups in total. The van der Waals surface area contributed by atoms with Gasteiger partial charge >= 0.3 is 198 Å². The molecule has 48 heteroatoms. The van der Waals surface area contributed by atoms with E-state index in [9.17, 15) is 151 Å². The van der Waals surface area contributed by atoms with Crippen LogP contribution >= 0.6 is 61.4 Å². The van der Waals surface area contributed by atoms with Crippen molar-refractivity contribution in [1.29, 1.82) is 0 Å². The third-order valence-corrected chi connectivity index (χ3v) is 25.5. The molecule has 0 spiro atoms. The molecule has 0 radical (unpaired) electrons. The average molecular weight is 2020 g/mol. The van der Waals surface area contributed by atoms with E-state index in [1.165, 1.54) is 87.5 Å². The monoisotopic (exact) mass is 2020 g/mol. The Labute approximate surface area is 706 Å². The summed E-state index contributed by atoms with van der Waals surface area (Å²) in [5, 5.41) is 8.44. The van der Waals surface area contributed by atoms with Crippen molar-refractivity contribution < 1.29 is 169 Å². The van der Waals surface area contributed by atoms with E-state index in [0.717, 1.165) is 38.5 Å². The summed E-state index contributed by atoms with van der Waals surface area (Å²) >= 11 is 0. The fraction of sp³-hybridized carbons (Fsp3) is 0.0750. The first-order valence-electron chi connectivity index (χ1n) is 35.9. The van der Waals surface area contributed by atoms with Crippen LogP contribution in [-0.4, -0.2) is 0 Å². The van der Waals surface area contributed by atoms with Gasteiger partial charge in [-0.15, -0.1) is 0 Å². The van der Waals surface area contributed by atoms with E-state index in [1.807, 2.05) is 0 Å². The van der Waals surface area contributed by atoms with E-state index >= 15 is 0 Å². The maximum atomic E-state index is 9.87. The first-order valence-corrected chi connectivity index (χ1v) is 52.0. The Hall–Kier alpha value is -9.50. The third-order valence-electron chi connectivity index (χ3n) is 16.8. The molecule has 0 aliphatic rings. The molecule has 4 heterocycles. The number of rotatable bonds is 20. The van der Waals surface area contributed by atoms with Crippen molar-refractivity contribution in [3.8, 4) is 22.3 Å². The average Bonchev–Trinajstić information content (AvgIpc) is 0.750. The van der Waals surface area contributed by atoms with E-state index in [4.69, 9.17) is 0 Å². The zero-order chi connectivity index (χ0) is 96.3. The van der Waals surface area contributed by atoms with Gasteiger partial charge in [0.05, 0.1) is 12.3 Å². The summed E-state index contributed by atoms with van der Waals surface area (Å²) < 4.78 is 364. The molecule has 128 heavy (non-hydrogen) atoms. The number of halogens is 36. The van der Waals surface area contributed by atoms with E-state index in [1.54, 1.807) is 0 Å². The summed E-state index contributed by atoms with van der Waals surface area (Å²) in [5.74, 6) is 0. The van der Waals surface area contributed by atoms with Gasteiger partial charge in [0.2, 0.25) is 0 Å². The molecule has 0 bridgehead atoms. The maximum Gasteiger partial charge on any atom is 0.173 e.